The van der Waals surface area contributed by atoms with Crippen LogP contribution in [0.15, 0.2) is 0 Å². The van der Waals surface area contributed by atoms with Crippen LogP contribution in [0, 0.1) is 5.41 Å². The van der Waals surface area contributed by atoms with Crippen LogP contribution in [0.1, 0.15) is 27.2 Å². The Morgan fingerprint density at radius 1 is 1.45 bits per heavy atom. The summed E-state index contributed by atoms with van der Waals surface area (Å²) in [6.07, 6.45) is 0.403. The van der Waals surface area contributed by atoms with E-state index in [9.17, 15) is 4.79 Å². The molecule has 3 unspecified atom stereocenters. The standard InChI is InChI=1S/C14H28N2O4/c1-6-20-11-7-14(15,13(11,2)3)12(17)16-8-10(19-5)9-18-4/h10-11H,6-9,15H2,1-5H3,(H,16,17). The smallest absolute Gasteiger partial charge is 0.240 e. The highest BCUT2D eigenvalue weighted by Gasteiger charge is 2.62. The Morgan fingerprint density at radius 2 is 2.10 bits per heavy atom. The lowest BCUT2D eigenvalue weighted by Crippen LogP contribution is -2.76. The highest BCUT2D eigenvalue weighted by atomic mass is 16.5. The first-order valence-electron chi connectivity index (χ1n) is 7.04. The van der Waals surface area contributed by atoms with E-state index >= 15 is 0 Å². The minimum Gasteiger partial charge on any atom is -0.382 e. The van der Waals surface area contributed by atoms with Crippen molar-refractivity contribution in [3.05, 3.63) is 0 Å². The molecule has 0 aliphatic heterocycles. The van der Waals surface area contributed by atoms with E-state index in [1.54, 1.807) is 14.2 Å². The van der Waals surface area contributed by atoms with E-state index in [4.69, 9.17) is 19.9 Å². The normalized spacial score (nSPS) is 29.6. The lowest BCUT2D eigenvalue weighted by Gasteiger charge is -2.57. The van der Waals surface area contributed by atoms with Crippen molar-refractivity contribution in [2.75, 3.05) is 34.0 Å². The minimum absolute atomic E-state index is 0.0282. The topological polar surface area (TPSA) is 82.8 Å². The largest absolute Gasteiger partial charge is 0.382 e. The molecule has 0 spiro atoms. The molecule has 3 atom stereocenters. The van der Waals surface area contributed by atoms with E-state index in [0.717, 1.165) is 0 Å². The molecule has 6 heteroatoms. The molecule has 0 aromatic heterocycles. The lowest BCUT2D eigenvalue weighted by molar-refractivity contribution is -0.171. The van der Waals surface area contributed by atoms with Crippen molar-refractivity contribution in [2.45, 2.75) is 44.9 Å². The zero-order valence-electron chi connectivity index (χ0n) is 13.2. The van der Waals surface area contributed by atoms with Crippen molar-refractivity contribution in [1.29, 1.82) is 0 Å². The fourth-order valence-corrected chi connectivity index (χ4v) is 2.58. The second-order valence-corrected chi connectivity index (χ2v) is 5.86. The van der Waals surface area contributed by atoms with Crippen LogP contribution in [0.2, 0.25) is 0 Å². The molecule has 0 heterocycles. The molecule has 0 bridgehead atoms. The maximum atomic E-state index is 12.3. The number of ether oxygens (including phenoxy) is 3. The Morgan fingerprint density at radius 3 is 2.55 bits per heavy atom. The van der Waals surface area contributed by atoms with Crippen LogP contribution in [0.3, 0.4) is 0 Å². The molecule has 3 N–H and O–H groups in total. The van der Waals surface area contributed by atoms with E-state index in [0.29, 0.717) is 26.2 Å². The summed E-state index contributed by atoms with van der Waals surface area (Å²) in [5.74, 6) is -0.156. The molecule has 20 heavy (non-hydrogen) atoms. The fourth-order valence-electron chi connectivity index (χ4n) is 2.58. The van der Waals surface area contributed by atoms with E-state index in [1.165, 1.54) is 0 Å². The van der Waals surface area contributed by atoms with Crippen LogP contribution in [0.5, 0.6) is 0 Å². The zero-order valence-corrected chi connectivity index (χ0v) is 13.2. The first-order valence-corrected chi connectivity index (χ1v) is 7.04. The van der Waals surface area contributed by atoms with E-state index < -0.39 is 5.54 Å². The predicted molar refractivity (Wildman–Crippen MR) is 76.4 cm³/mol. The van der Waals surface area contributed by atoms with Gasteiger partial charge in [0.05, 0.1) is 18.8 Å². The number of nitrogens with one attached hydrogen (secondary N) is 1. The monoisotopic (exact) mass is 288 g/mol. The van der Waals surface area contributed by atoms with Crippen LogP contribution in [-0.4, -0.2) is 57.6 Å². The summed E-state index contributed by atoms with van der Waals surface area (Å²) < 4.78 is 15.8. The van der Waals surface area contributed by atoms with Gasteiger partial charge in [0.15, 0.2) is 0 Å². The molecule has 1 aliphatic rings. The molecule has 0 aromatic carbocycles. The van der Waals surface area contributed by atoms with Gasteiger partial charge in [-0.3, -0.25) is 4.79 Å². The van der Waals surface area contributed by atoms with Crippen molar-refractivity contribution < 1.29 is 19.0 Å². The van der Waals surface area contributed by atoms with Crippen molar-refractivity contribution in [3.63, 3.8) is 0 Å². The average Bonchev–Trinajstić information content (AvgIpc) is 2.42. The number of hydrogen-bond donors (Lipinski definition) is 2. The Hall–Kier alpha value is -0.690. The van der Waals surface area contributed by atoms with Gasteiger partial charge in [-0.25, -0.2) is 0 Å². The Balaban J connectivity index is 2.55. The van der Waals surface area contributed by atoms with Crippen molar-refractivity contribution in [2.24, 2.45) is 11.1 Å². The summed E-state index contributed by atoms with van der Waals surface area (Å²) in [6.45, 7) is 7.33. The number of carbonyl (C=O) groups is 1. The number of amides is 1. The van der Waals surface area contributed by atoms with Gasteiger partial charge in [-0.1, -0.05) is 13.8 Å². The van der Waals surface area contributed by atoms with E-state index in [-0.39, 0.29) is 23.5 Å². The van der Waals surface area contributed by atoms with Crippen LogP contribution >= 0.6 is 0 Å². The molecule has 1 amide bonds. The summed E-state index contributed by atoms with van der Waals surface area (Å²) >= 11 is 0. The maximum absolute atomic E-state index is 12.3. The van der Waals surface area contributed by atoms with Crippen LogP contribution in [-0.2, 0) is 19.0 Å². The molecule has 1 aliphatic carbocycles. The van der Waals surface area contributed by atoms with Crippen molar-refractivity contribution >= 4 is 5.91 Å². The van der Waals surface area contributed by atoms with Gasteiger partial charge >= 0.3 is 0 Å². The number of methoxy groups -OCH3 is 2. The molecular weight excluding hydrogens is 260 g/mol. The number of nitrogens with two attached hydrogens (primary N) is 1. The van der Waals surface area contributed by atoms with Crippen LogP contribution < -0.4 is 11.1 Å². The quantitative estimate of drug-likeness (QED) is 0.671. The third kappa shape index (κ3) is 3.14. The van der Waals surface area contributed by atoms with Crippen LogP contribution in [0.4, 0.5) is 0 Å². The van der Waals surface area contributed by atoms with E-state index in [2.05, 4.69) is 5.32 Å². The third-order valence-corrected chi connectivity index (χ3v) is 4.41. The molecule has 1 fully saturated rings. The average molecular weight is 288 g/mol. The molecular formula is C14H28N2O4. The fraction of sp³-hybridized carbons (Fsp3) is 0.929. The lowest BCUT2D eigenvalue weighted by atomic mass is 9.54. The number of hydrogen-bond acceptors (Lipinski definition) is 5. The molecule has 1 rings (SSSR count). The van der Waals surface area contributed by atoms with Crippen LogP contribution in [0.25, 0.3) is 0 Å². The van der Waals surface area contributed by atoms with Gasteiger partial charge in [0.1, 0.15) is 5.54 Å². The van der Waals surface area contributed by atoms with Gasteiger partial charge in [-0.15, -0.1) is 0 Å². The van der Waals surface area contributed by atoms with Gasteiger partial charge in [-0.05, 0) is 6.92 Å². The Bertz CT molecular complexity index is 335. The summed E-state index contributed by atoms with van der Waals surface area (Å²) in [4.78, 5) is 12.3. The number of carbonyl (C=O) groups excluding carboxylic acids is 1. The predicted octanol–water partition coefficient (Wildman–Crippen LogP) is 0.297. The minimum atomic E-state index is -0.891. The molecule has 6 nitrogen and oxygen atoms in total. The molecule has 0 aromatic rings. The second kappa shape index (κ2) is 6.85. The van der Waals surface area contributed by atoms with Gasteiger partial charge < -0.3 is 25.3 Å². The molecule has 1 saturated carbocycles. The maximum Gasteiger partial charge on any atom is 0.240 e. The first-order chi connectivity index (χ1) is 9.33. The van der Waals surface area contributed by atoms with Crippen molar-refractivity contribution in [1.82, 2.24) is 5.32 Å². The second-order valence-electron chi connectivity index (χ2n) is 5.86. The molecule has 0 radical (unpaired) electrons. The summed E-state index contributed by atoms with van der Waals surface area (Å²) in [7, 11) is 3.19. The highest BCUT2D eigenvalue weighted by molar-refractivity contribution is 5.88. The van der Waals surface area contributed by atoms with E-state index in [1.807, 2.05) is 20.8 Å². The highest BCUT2D eigenvalue weighted by Crippen LogP contribution is 2.49. The van der Waals surface area contributed by atoms with Crippen molar-refractivity contribution in [3.8, 4) is 0 Å². The number of rotatable bonds is 8. The summed E-state index contributed by atoms with van der Waals surface area (Å²) in [5, 5.41) is 2.85. The Kier molecular flexibility index (Phi) is 5.94. The van der Waals surface area contributed by atoms with Gasteiger partial charge in [0.25, 0.3) is 0 Å². The van der Waals surface area contributed by atoms with Gasteiger partial charge in [0.2, 0.25) is 5.91 Å². The molecule has 0 saturated heterocycles. The summed E-state index contributed by atoms with van der Waals surface area (Å²) in [5.41, 5.74) is 5.01. The molecule has 118 valence electrons. The zero-order chi connectivity index (χ0) is 15.4. The Labute approximate surface area is 121 Å². The SMILES string of the molecule is CCOC1CC(N)(C(=O)NCC(COC)OC)C1(C)C. The summed E-state index contributed by atoms with van der Waals surface area (Å²) in [6, 6.07) is 0. The van der Waals surface area contributed by atoms with Gasteiger partial charge in [-0.2, -0.15) is 0 Å². The first kappa shape index (κ1) is 17.4. The third-order valence-electron chi connectivity index (χ3n) is 4.41. The van der Waals surface area contributed by atoms with Gasteiger partial charge in [0, 0.05) is 39.2 Å².